The second-order valence-corrected chi connectivity index (χ2v) is 6.19. The highest BCUT2D eigenvalue weighted by Crippen LogP contribution is 2.23. The third-order valence-electron chi connectivity index (χ3n) is 3.01. The molecular weight excluding hydrogens is 230 g/mol. The van der Waals surface area contributed by atoms with Crippen molar-refractivity contribution >= 4 is 11.8 Å². The molecule has 0 fully saturated rings. The number of thioether (sulfide) groups is 1. The molecule has 0 aromatic heterocycles. The molecule has 0 aliphatic carbocycles. The van der Waals surface area contributed by atoms with Gasteiger partial charge in [-0.15, -0.1) is 0 Å². The molecule has 0 saturated heterocycles. The van der Waals surface area contributed by atoms with Gasteiger partial charge in [-0.2, -0.15) is 11.8 Å². The maximum Gasteiger partial charge on any atom is 0.0464 e. The predicted octanol–water partition coefficient (Wildman–Crippen LogP) is 3.29. The zero-order chi connectivity index (χ0) is 13.1. The Balaban J connectivity index is 4.13. The first-order chi connectivity index (χ1) is 8.19. The van der Waals surface area contributed by atoms with Crippen molar-refractivity contribution in [1.29, 1.82) is 0 Å². The first-order valence-electron chi connectivity index (χ1n) is 7.15. The van der Waals surface area contributed by atoms with Crippen molar-refractivity contribution in [2.24, 2.45) is 5.92 Å². The summed E-state index contributed by atoms with van der Waals surface area (Å²) in [5.74, 6) is 1.49. The van der Waals surface area contributed by atoms with Gasteiger partial charge in [-0.3, -0.25) is 0 Å². The van der Waals surface area contributed by atoms with Crippen molar-refractivity contribution in [2.75, 3.05) is 18.9 Å². The van der Waals surface area contributed by atoms with E-state index in [2.05, 4.69) is 33.0 Å². The van der Waals surface area contributed by atoms with Gasteiger partial charge in [-0.1, -0.05) is 34.1 Å². The lowest BCUT2D eigenvalue weighted by Gasteiger charge is -2.27. The minimum absolute atomic E-state index is 0.310. The molecular formula is C14H31NOS. The summed E-state index contributed by atoms with van der Waals surface area (Å²) in [5.41, 5.74) is 0. The molecule has 2 N–H and O–H groups in total. The van der Waals surface area contributed by atoms with Gasteiger partial charge in [0.15, 0.2) is 0 Å². The molecule has 0 aromatic rings. The van der Waals surface area contributed by atoms with Gasteiger partial charge >= 0.3 is 0 Å². The fourth-order valence-corrected chi connectivity index (χ4v) is 3.30. The van der Waals surface area contributed by atoms with Crippen molar-refractivity contribution < 1.29 is 5.11 Å². The van der Waals surface area contributed by atoms with Gasteiger partial charge in [0.25, 0.3) is 0 Å². The quantitative estimate of drug-likeness (QED) is 0.598. The van der Waals surface area contributed by atoms with Crippen LogP contribution in [0.15, 0.2) is 0 Å². The number of aliphatic hydroxyl groups is 1. The molecule has 17 heavy (non-hydrogen) atoms. The number of rotatable bonds is 11. The van der Waals surface area contributed by atoms with Crippen molar-refractivity contribution in [3.05, 3.63) is 0 Å². The molecule has 2 nitrogen and oxygen atoms in total. The average Bonchev–Trinajstić information content (AvgIpc) is 2.35. The van der Waals surface area contributed by atoms with Crippen LogP contribution in [0.5, 0.6) is 0 Å². The SMILES string of the molecule is CCCNC(CCC)C(CC)SCC(C)CO. The Morgan fingerprint density at radius 1 is 1.18 bits per heavy atom. The van der Waals surface area contributed by atoms with E-state index in [1.54, 1.807) is 0 Å². The molecule has 3 atom stereocenters. The second kappa shape index (κ2) is 11.4. The third kappa shape index (κ3) is 8.06. The summed E-state index contributed by atoms with van der Waals surface area (Å²) in [4.78, 5) is 0. The first-order valence-corrected chi connectivity index (χ1v) is 8.20. The molecule has 0 saturated carbocycles. The lowest BCUT2D eigenvalue weighted by molar-refractivity contribution is 0.250. The molecule has 0 rings (SSSR count). The Kier molecular flexibility index (Phi) is 11.5. The van der Waals surface area contributed by atoms with E-state index >= 15 is 0 Å². The van der Waals surface area contributed by atoms with Gasteiger partial charge in [0, 0.05) is 17.9 Å². The molecule has 0 aromatic carbocycles. The molecule has 0 heterocycles. The smallest absolute Gasteiger partial charge is 0.0464 e. The zero-order valence-electron chi connectivity index (χ0n) is 12.0. The monoisotopic (exact) mass is 261 g/mol. The lowest BCUT2D eigenvalue weighted by Crippen LogP contribution is -2.38. The minimum atomic E-state index is 0.310. The van der Waals surface area contributed by atoms with Gasteiger partial charge in [0.2, 0.25) is 0 Å². The van der Waals surface area contributed by atoms with E-state index in [9.17, 15) is 0 Å². The lowest BCUT2D eigenvalue weighted by atomic mass is 10.1. The van der Waals surface area contributed by atoms with Crippen LogP contribution >= 0.6 is 11.8 Å². The van der Waals surface area contributed by atoms with E-state index in [0.29, 0.717) is 23.8 Å². The Morgan fingerprint density at radius 3 is 2.35 bits per heavy atom. The van der Waals surface area contributed by atoms with E-state index < -0.39 is 0 Å². The fourth-order valence-electron chi connectivity index (χ4n) is 1.92. The third-order valence-corrected chi connectivity index (χ3v) is 4.87. The summed E-state index contributed by atoms with van der Waals surface area (Å²) in [6.45, 7) is 10.3. The van der Waals surface area contributed by atoms with Crippen LogP contribution in [0, 0.1) is 5.92 Å². The second-order valence-electron chi connectivity index (χ2n) is 4.92. The van der Waals surface area contributed by atoms with Crippen LogP contribution in [0.2, 0.25) is 0 Å². The molecule has 0 bridgehead atoms. The van der Waals surface area contributed by atoms with Crippen LogP contribution in [0.1, 0.15) is 53.4 Å². The van der Waals surface area contributed by atoms with Crippen molar-refractivity contribution in [1.82, 2.24) is 5.32 Å². The van der Waals surface area contributed by atoms with Gasteiger partial charge in [-0.25, -0.2) is 0 Å². The maximum atomic E-state index is 9.07. The van der Waals surface area contributed by atoms with Crippen LogP contribution in [-0.2, 0) is 0 Å². The minimum Gasteiger partial charge on any atom is -0.396 e. The van der Waals surface area contributed by atoms with E-state index in [4.69, 9.17) is 5.11 Å². The van der Waals surface area contributed by atoms with Crippen LogP contribution in [0.25, 0.3) is 0 Å². The van der Waals surface area contributed by atoms with Crippen LogP contribution in [0.4, 0.5) is 0 Å². The Morgan fingerprint density at radius 2 is 1.88 bits per heavy atom. The summed E-state index contributed by atoms with van der Waals surface area (Å²) in [6, 6.07) is 0.640. The number of hydrogen-bond donors (Lipinski definition) is 2. The molecule has 0 amide bonds. The van der Waals surface area contributed by atoms with E-state index in [-0.39, 0.29) is 0 Å². The van der Waals surface area contributed by atoms with Crippen molar-refractivity contribution in [3.8, 4) is 0 Å². The Bertz CT molecular complexity index is 166. The maximum absolute atomic E-state index is 9.07. The van der Waals surface area contributed by atoms with Crippen LogP contribution < -0.4 is 5.32 Å². The zero-order valence-corrected chi connectivity index (χ0v) is 12.9. The summed E-state index contributed by atoms with van der Waals surface area (Å²) >= 11 is 2.03. The number of aliphatic hydroxyl groups excluding tert-OH is 1. The molecule has 0 aliphatic heterocycles. The Hall–Kier alpha value is 0.270. The topological polar surface area (TPSA) is 32.3 Å². The molecule has 3 heteroatoms. The normalized spacial score (nSPS) is 16.8. The molecule has 0 radical (unpaired) electrons. The first kappa shape index (κ1) is 17.3. The highest BCUT2D eigenvalue weighted by atomic mass is 32.2. The van der Waals surface area contributed by atoms with Crippen molar-refractivity contribution in [2.45, 2.75) is 64.7 Å². The van der Waals surface area contributed by atoms with E-state index in [0.717, 1.165) is 12.3 Å². The van der Waals surface area contributed by atoms with Crippen molar-refractivity contribution in [3.63, 3.8) is 0 Å². The molecule has 0 spiro atoms. The molecule has 3 unspecified atom stereocenters. The molecule has 104 valence electrons. The van der Waals surface area contributed by atoms with E-state index in [1.165, 1.54) is 25.7 Å². The standard InChI is InChI=1S/C14H31NOS/c1-5-8-13(15-9-6-2)14(7-3)17-11-12(4)10-16/h12-16H,5-11H2,1-4H3. The van der Waals surface area contributed by atoms with Gasteiger partial charge < -0.3 is 10.4 Å². The summed E-state index contributed by atoms with van der Waals surface area (Å²) in [6.07, 6.45) is 4.92. The average molecular weight is 261 g/mol. The van der Waals surface area contributed by atoms with Gasteiger partial charge in [-0.05, 0) is 37.5 Å². The largest absolute Gasteiger partial charge is 0.396 e. The highest BCUT2D eigenvalue weighted by Gasteiger charge is 2.19. The molecule has 0 aliphatic rings. The Labute approximate surface area is 112 Å². The number of nitrogens with one attached hydrogen (secondary N) is 1. The van der Waals surface area contributed by atoms with Crippen LogP contribution in [0.3, 0.4) is 0 Å². The summed E-state index contributed by atoms with van der Waals surface area (Å²) < 4.78 is 0. The number of hydrogen-bond acceptors (Lipinski definition) is 3. The van der Waals surface area contributed by atoms with Crippen LogP contribution in [-0.4, -0.2) is 35.3 Å². The summed E-state index contributed by atoms with van der Waals surface area (Å²) in [7, 11) is 0. The summed E-state index contributed by atoms with van der Waals surface area (Å²) in [5, 5.41) is 13.4. The highest BCUT2D eigenvalue weighted by molar-refractivity contribution is 7.99. The van der Waals surface area contributed by atoms with Gasteiger partial charge in [0.05, 0.1) is 0 Å². The van der Waals surface area contributed by atoms with E-state index in [1.807, 2.05) is 11.8 Å². The predicted molar refractivity (Wildman–Crippen MR) is 79.8 cm³/mol. The van der Waals surface area contributed by atoms with Gasteiger partial charge in [0.1, 0.15) is 0 Å². The fraction of sp³-hybridized carbons (Fsp3) is 1.00.